The molecule has 0 aromatic heterocycles. The monoisotopic (exact) mass is 382 g/mol. The number of hydrogen-bond acceptors (Lipinski definition) is 5. The molecule has 0 saturated carbocycles. The summed E-state index contributed by atoms with van der Waals surface area (Å²) in [7, 11) is -7.03. The van der Waals surface area contributed by atoms with E-state index in [1.54, 1.807) is 30.3 Å². The van der Waals surface area contributed by atoms with Crippen molar-refractivity contribution in [3.63, 3.8) is 0 Å². The van der Waals surface area contributed by atoms with Gasteiger partial charge in [-0.3, -0.25) is 9.52 Å². The number of sulfone groups is 1. The molecule has 2 aromatic carbocycles. The molecule has 0 radical (unpaired) electrons. The molecule has 1 amide bonds. The smallest absolute Gasteiger partial charge is 0.251 e. The van der Waals surface area contributed by atoms with Gasteiger partial charge in [-0.15, -0.1) is 0 Å². The molecule has 0 atom stereocenters. The Labute approximate surface area is 147 Å². The molecule has 9 heteroatoms. The third-order valence-electron chi connectivity index (χ3n) is 3.23. The van der Waals surface area contributed by atoms with Crippen molar-refractivity contribution in [1.29, 1.82) is 0 Å². The van der Waals surface area contributed by atoms with Gasteiger partial charge in [0, 0.05) is 24.1 Å². The van der Waals surface area contributed by atoms with Crippen molar-refractivity contribution in [1.82, 2.24) is 5.32 Å². The summed E-state index contributed by atoms with van der Waals surface area (Å²) in [6, 6.07) is 14.0. The molecule has 25 heavy (non-hydrogen) atoms. The van der Waals surface area contributed by atoms with Crippen LogP contribution in [0.15, 0.2) is 59.5 Å². The van der Waals surface area contributed by atoms with Crippen molar-refractivity contribution >= 4 is 31.5 Å². The largest absolute Gasteiger partial charge is 0.351 e. The SMILES string of the molecule is CS(=O)(=O)c1cccc(C(=O)NCCS(=O)(=O)Nc2ccccc2)c1. The van der Waals surface area contributed by atoms with Crippen LogP contribution in [0.1, 0.15) is 10.4 Å². The van der Waals surface area contributed by atoms with Gasteiger partial charge in [0.2, 0.25) is 10.0 Å². The van der Waals surface area contributed by atoms with Crippen LogP contribution in [0.25, 0.3) is 0 Å². The molecule has 0 heterocycles. The molecule has 0 aliphatic carbocycles. The Morgan fingerprint density at radius 3 is 2.28 bits per heavy atom. The Balaban J connectivity index is 1.94. The van der Waals surface area contributed by atoms with Gasteiger partial charge < -0.3 is 5.32 Å². The predicted octanol–water partition coefficient (Wildman–Crippen LogP) is 1.26. The summed E-state index contributed by atoms with van der Waals surface area (Å²) in [5.74, 6) is -0.847. The fraction of sp³-hybridized carbons (Fsp3) is 0.188. The fourth-order valence-corrected chi connectivity index (χ4v) is 3.64. The third-order valence-corrected chi connectivity index (χ3v) is 5.63. The van der Waals surface area contributed by atoms with Crippen molar-refractivity contribution in [2.75, 3.05) is 23.3 Å². The zero-order chi connectivity index (χ0) is 18.5. The summed E-state index contributed by atoms with van der Waals surface area (Å²) < 4.78 is 49.3. The summed E-state index contributed by atoms with van der Waals surface area (Å²) in [6.45, 7) is -0.107. The zero-order valence-electron chi connectivity index (χ0n) is 13.5. The number of hydrogen-bond donors (Lipinski definition) is 2. The first kappa shape index (κ1) is 18.9. The van der Waals surface area contributed by atoms with E-state index in [1.807, 2.05) is 0 Å². The number of para-hydroxylation sites is 1. The standard InChI is InChI=1S/C16H18N2O5S2/c1-24(20,21)15-9-5-6-13(12-15)16(19)17-10-11-25(22,23)18-14-7-3-2-4-8-14/h2-9,12,18H,10-11H2,1H3,(H,17,19). The van der Waals surface area contributed by atoms with Crippen LogP contribution in [0.2, 0.25) is 0 Å². The second-order valence-electron chi connectivity index (χ2n) is 5.34. The van der Waals surface area contributed by atoms with Crippen molar-refractivity contribution in [3.05, 3.63) is 60.2 Å². The van der Waals surface area contributed by atoms with Gasteiger partial charge >= 0.3 is 0 Å². The maximum atomic E-state index is 12.0. The van der Waals surface area contributed by atoms with Gasteiger partial charge in [0.1, 0.15) is 0 Å². The van der Waals surface area contributed by atoms with Gasteiger partial charge in [-0.05, 0) is 30.3 Å². The van der Waals surface area contributed by atoms with Crippen LogP contribution in [0.5, 0.6) is 0 Å². The maximum Gasteiger partial charge on any atom is 0.251 e. The van der Waals surface area contributed by atoms with Crippen LogP contribution in [0.3, 0.4) is 0 Å². The lowest BCUT2D eigenvalue weighted by Gasteiger charge is -2.09. The summed E-state index contributed by atoms with van der Waals surface area (Å²) in [5.41, 5.74) is 0.589. The van der Waals surface area contributed by atoms with E-state index in [2.05, 4.69) is 10.0 Å². The molecule has 2 N–H and O–H groups in total. The second-order valence-corrected chi connectivity index (χ2v) is 9.20. The van der Waals surface area contributed by atoms with Crippen LogP contribution in [0.4, 0.5) is 5.69 Å². The van der Waals surface area contributed by atoms with Crippen LogP contribution in [-0.4, -0.2) is 41.3 Å². The molecule has 0 aliphatic rings. The minimum Gasteiger partial charge on any atom is -0.351 e. The van der Waals surface area contributed by atoms with Crippen LogP contribution >= 0.6 is 0 Å². The average Bonchev–Trinajstić information content (AvgIpc) is 2.54. The summed E-state index contributed by atoms with van der Waals surface area (Å²) >= 11 is 0. The highest BCUT2D eigenvalue weighted by Crippen LogP contribution is 2.11. The molecule has 2 rings (SSSR count). The molecule has 0 fully saturated rings. The Morgan fingerprint density at radius 1 is 0.960 bits per heavy atom. The van der Waals surface area contributed by atoms with Crippen LogP contribution in [0, 0.1) is 0 Å². The van der Waals surface area contributed by atoms with Crippen molar-refractivity contribution in [3.8, 4) is 0 Å². The highest BCUT2D eigenvalue weighted by atomic mass is 32.2. The lowest BCUT2D eigenvalue weighted by molar-refractivity contribution is 0.0956. The molecule has 2 aromatic rings. The Morgan fingerprint density at radius 2 is 1.64 bits per heavy atom. The number of carbonyl (C=O) groups excluding carboxylic acids is 1. The van der Waals surface area contributed by atoms with Crippen molar-refractivity contribution in [2.45, 2.75) is 4.90 Å². The normalized spacial score (nSPS) is 11.7. The molecular formula is C16H18N2O5S2. The van der Waals surface area contributed by atoms with E-state index in [0.29, 0.717) is 5.69 Å². The van der Waals surface area contributed by atoms with E-state index in [-0.39, 0.29) is 22.8 Å². The lowest BCUT2D eigenvalue weighted by atomic mass is 10.2. The zero-order valence-corrected chi connectivity index (χ0v) is 15.1. The number of rotatable bonds is 7. The minimum absolute atomic E-state index is 0.0264. The fourth-order valence-electron chi connectivity index (χ4n) is 2.01. The Bertz CT molecular complexity index is 955. The number of benzene rings is 2. The quantitative estimate of drug-likeness (QED) is 0.749. The van der Waals surface area contributed by atoms with Crippen LogP contribution < -0.4 is 10.0 Å². The molecule has 7 nitrogen and oxygen atoms in total. The van der Waals surface area contributed by atoms with Gasteiger partial charge in [0.15, 0.2) is 9.84 Å². The van der Waals surface area contributed by atoms with E-state index in [0.717, 1.165) is 6.26 Å². The van der Waals surface area contributed by atoms with E-state index >= 15 is 0 Å². The third kappa shape index (κ3) is 5.87. The first-order valence-electron chi connectivity index (χ1n) is 7.31. The first-order valence-corrected chi connectivity index (χ1v) is 10.9. The molecule has 0 aliphatic heterocycles. The van der Waals surface area contributed by atoms with E-state index in [1.165, 1.54) is 24.3 Å². The molecule has 0 spiro atoms. The van der Waals surface area contributed by atoms with Gasteiger partial charge in [0.25, 0.3) is 5.91 Å². The topological polar surface area (TPSA) is 109 Å². The number of sulfonamides is 1. The van der Waals surface area contributed by atoms with Gasteiger partial charge in [-0.2, -0.15) is 0 Å². The van der Waals surface area contributed by atoms with Crippen LogP contribution in [-0.2, 0) is 19.9 Å². The van der Waals surface area contributed by atoms with Gasteiger partial charge in [0.05, 0.1) is 10.6 Å². The molecule has 0 bridgehead atoms. The minimum atomic E-state index is -3.60. The van der Waals surface area contributed by atoms with Crippen molar-refractivity contribution in [2.24, 2.45) is 0 Å². The summed E-state index contributed by atoms with van der Waals surface area (Å²) in [6.07, 6.45) is 1.05. The number of amides is 1. The van der Waals surface area contributed by atoms with E-state index in [9.17, 15) is 21.6 Å². The molecule has 0 saturated heterocycles. The number of anilines is 1. The highest BCUT2D eigenvalue weighted by Gasteiger charge is 2.14. The van der Waals surface area contributed by atoms with E-state index in [4.69, 9.17) is 0 Å². The van der Waals surface area contributed by atoms with Crippen molar-refractivity contribution < 1.29 is 21.6 Å². The summed E-state index contributed by atoms with van der Waals surface area (Å²) in [4.78, 5) is 12.1. The van der Waals surface area contributed by atoms with Gasteiger partial charge in [-0.25, -0.2) is 16.8 Å². The molecule has 134 valence electrons. The molecular weight excluding hydrogens is 364 g/mol. The Hall–Kier alpha value is -2.39. The predicted molar refractivity (Wildman–Crippen MR) is 95.7 cm³/mol. The highest BCUT2D eigenvalue weighted by molar-refractivity contribution is 7.92. The Kier molecular flexibility index (Phi) is 5.81. The van der Waals surface area contributed by atoms with Gasteiger partial charge in [-0.1, -0.05) is 24.3 Å². The number of nitrogens with one attached hydrogen (secondary N) is 2. The van der Waals surface area contributed by atoms with E-state index < -0.39 is 25.8 Å². The second kappa shape index (κ2) is 7.66. The number of carbonyl (C=O) groups is 1. The maximum absolute atomic E-state index is 12.0. The molecule has 0 unspecified atom stereocenters. The lowest BCUT2D eigenvalue weighted by Crippen LogP contribution is -2.31. The average molecular weight is 382 g/mol. The summed E-state index contributed by atoms with van der Waals surface area (Å²) in [5, 5.41) is 2.47. The first-order chi connectivity index (χ1) is 11.7.